The molecule has 1 aliphatic carbocycles. The molecule has 0 amide bonds. The summed E-state index contributed by atoms with van der Waals surface area (Å²) >= 11 is 0. The zero-order valence-electron chi connectivity index (χ0n) is 16.9. The maximum Gasteiger partial charge on any atom is 0.166 e. The summed E-state index contributed by atoms with van der Waals surface area (Å²) < 4.78 is 12.9. The van der Waals surface area contributed by atoms with E-state index < -0.39 is 5.79 Å². The second-order valence-corrected chi connectivity index (χ2v) is 9.32. The first-order chi connectivity index (χ1) is 10.6. The lowest BCUT2D eigenvalue weighted by molar-refractivity contribution is -0.178. The van der Waals surface area contributed by atoms with E-state index in [0.29, 0.717) is 5.41 Å². The van der Waals surface area contributed by atoms with Crippen LogP contribution in [0.3, 0.4) is 0 Å². The molecule has 2 fully saturated rings. The molecule has 5 atom stereocenters. The van der Waals surface area contributed by atoms with Gasteiger partial charge in [-0.1, -0.05) is 41.0 Å². The second-order valence-electron chi connectivity index (χ2n) is 9.32. The highest BCUT2D eigenvalue weighted by molar-refractivity contribution is 5.02. The van der Waals surface area contributed by atoms with Crippen molar-refractivity contribution >= 4 is 0 Å². The molecule has 1 saturated carbocycles. The van der Waals surface area contributed by atoms with Gasteiger partial charge in [0.1, 0.15) is 0 Å². The first kappa shape index (κ1) is 19.2. The van der Waals surface area contributed by atoms with Gasteiger partial charge in [0.05, 0.1) is 11.7 Å². The molecule has 0 N–H and O–H groups in total. The molecule has 1 saturated heterocycles. The van der Waals surface area contributed by atoms with E-state index in [1.54, 1.807) is 0 Å². The third-order valence-corrected chi connectivity index (χ3v) is 7.01. The van der Waals surface area contributed by atoms with Crippen LogP contribution in [-0.2, 0) is 9.47 Å². The van der Waals surface area contributed by atoms with Crippen LogP contribution in [0.4, 0.5) is 0 Å². The van der Waals surface area contributed by atoms with E-state index in [4.69, 9.17) is 9.47 Å². The Morgan fingerprint density at radius 1 is 1.09 bits per heavy atom. The van der Waals surface area contributed by atoms with Crippen molar-refractivity contribution in [3.63, 3.8) is 0 Å². The minimum absolute atomic E-state index is 0.185. The molecule has 2 aliphatic rings. The first-order valence-electron chi connectivity index (χ1n) is 9.98. The summed E-state index contributed by atoms with van der Waals surface area (Å²) in [6, 6.07) is 0. The van der Waals surface area contributed by atoms with Crippen molar-refractivity contribution in [1.82, 2.24) is 0 Å². The van der Waals surface area contributed by atoms with E-state index in [1.165, 1.54) is 19.3 Å². The third kappa shape index (κ3) is 3.49. The van der Waals surface area contributed by atoms with Crippen LogP contribution >= 0.6 is 0 Å². The van der Waals surface area contributed by atoms with Crippen LogP contribution in [0.25, 0.3) is 0 Å². The lowest BCUT2D eigenvalue weighted by atomic mass is 9.63. The zero-order valence-corrected chi connectivity index (χ0v) is 16.9. The Bertz CT molecular complexity index is 403. The van der Waals surface area contributed by atoms with Gasteiger partial charge in [-0.05, 0) is 69.6 Å². The van der Waals surface area contributed by atoms with Gasteiger partial charge in [-0.25, -0.2) is 0 Å². The monoisotopic (exact) mass is 324 g/mol. The molecule has 0 radical (unpaired) electrons. The first-order valence-corrected chi connectivity index (χ1v) is 9.98. The van der Waals surface area contributed by atoms with Crippen molar-refractivity contribution in [3.05, 3.63) is 0 Å². The molecule has 2 nitrogen and oxygen atoms in total. The Morgan fingerprint density at radius 3 is 2.26 bits per heavy atom. The van der Waals surface area contributed by atoms with Crippen LogP contribution in [0.2, 0.25) is 0 Å². The Morgan fingerprint density at radius 2 is 1.74 bits per heavy atom. The summed E-state index contributed by atoms with van der Waals surface area (Å²) in [5.41, 5.74) is 0.229. The molecule has 2 rings (SSSR count). The fourth-order valence-corrected chi connectivity index (χ4v) is 5.76. The second kappa shape index (κ2) is 6.67. The molecule has 1 aliphatic heterocycles. The maximum atomic E-state index is 6.55. The van der Waals surface area contributed by atoms with Gasteiger partial charge in [-0.15, -0.1) is 0 Å². The van der Waals surface area contributed by atoms with Gasteiger partial charge in [-0.3, -0.25) is 0 Å². The third-order valence-electron chi connectivity index (χ3n) is 7.01. The van der Waals surface area contributed by atoms with Gasteiger partial charge in [0.15, 0.2) is 5.79 Å². The number of rotatable bonds is 6. The van der Waals surface area contributed by atoms with Gasteiger partial charge in [0.25, 0.3) is 0 Å². The number of ether oxygens (including phenoxy) is 2. The van der Waals surface area contributed by atoms with Gasteiger partial charge < -0.3 is 9.47 Å². The lowest BCUT2D eigenvalue weighted by Gasteiger charge is -2.44. The van der Waals surface area contributed by atoms with E-state index in [9.17, 15) is 0 Å². The average molecular weight is 325 g/mol. The summed E-state index contributed by atoms with van der Waals surface area (Å²) in [4.78, 5) is 0. The Hall–Kier alpha value is -0.0800. The van der Waals surface area contributed by atoms with Crippen LogP contribution < -0.4 is 0 Å². The largest absolute Gasteiger partial charge is 0.344 e. The number of hydrogen-bond donors (Lipinski definition) is 0. The molecule has 1 unspecified atom stereocenters. The predicted octanol–water partition coefficient (Wildman–Crippen LogP) is 6.19. The molecular formula is C21H40O2. The van der Waals surface area contributed by atoms with Gasteiger partial charge in [-0.2, -0.15) is 0 Å². The minimum atomic E-state index is -0.396. The standard InChI is InChI=1S/C21H40O2/c1-9-13-20(8)22-18(19(6,7)23-20)14-21(10-2)16(5)11-12-17(21)15(3)4/h15-18H,9-14H2,1-8H3/t16-,17?,18+,20+,21-/m1/s1. The van der Waals surface area contributed by atoms with Crippen molar-refractivity contribution in [1.29, 1.82) is 0 Å². The highest BCUT2D eigenvalue weighted by Gasteiger charge is 2.55. The van der Waals surface area contributed by atoms with Crippen LogP contribution in [0.1, 0.15) is 93.9 Å². The van der Waals surface area contributed by atoms with Crippen molar-refractivity contribution < 1.29 is 9.47 Å². The van der Waals surface area contributed by atoms with Gasteiger partial charge in [0, 0.05) is 6.42 Å². The molecule has 0 bridgehead atoms. The fourth-order valence-electron chi connectivity index (χ4n) is 5.76. The normalized spacial score (nSPS) is 43.4. The van der Waals surface area contributed by atoms with E-state index in [-0.39, 0.29) is 11.7 Å². The predicted molar refractivity (Wildman–Crippen MR) is 97.4 cm³/mol. The van der Waals surface area contributed by atoms with Crippen molar-refractivity contribution in [3.8, 4) is 0 Å². The quantitative estimate of drug-likeness (QED) is 0.580. The summed E-state index contributed by atoms with van der Waals surface area (Å²) in [5.74, 6) is 1.97. The molecule has 0 aromatic rings. The van der Waals surface area contributed by atoms with Crippen LogP contribution in [0.5, 0.6) is 0 Å². The van der Waals surface area contributed by atoms with Crippen LogP contribution in [0.15, 0.2) is 0 Å². The van der Waals surface area contributed by atoms with E-state index in [1.807, 2.05) is 0 Å². The molecule has 23 heavy (non-hydrogen) atoms. The molecule has 0 aromatic heterocycles. The minimum Gasteiger partial charge on any atom is -0.344 e. The molecule has 136 valence electrons. The molecule has 1 heterocycles. The Kier molecular flexibility index (Phi) is 5.58. The Balaban J connectivity index is 2.24. The number of hydrogen-bond acceptors (Lipinski definition) is 2. The van der Waals surface area contributed by atoms with Crippen molar-refractivity contribution in [2.24, 2.45) is 23.2 Å². The molecule has 0 aromatic carbocycles. The van der Waals surface area contributed by atoms with E-state index in [2.05, 4.69) is 55.4 Å². The maximum absolute atomic E-state index is 6.55. The van der Waals surface area contributed by atoms with Crippen molar-refractivity contribution in [2.75, 3.05) is 0 Å². The molecular weight excluding hydrogens is 284 g/mol. The lowest BCUT2D eigenvalue weighted by Crippen LogP contribution is -2.42. The average Bonchev–Trinajstić information content (AvgIpc) is 2.86. The van der Waals surface area contributed by atoms with Gasteiger partial charge in [0.2, 0.25) is 0 Å². The summed E-state index contributed by atoms with van der Waals surface area (Å²) in [7, 11) is 0. The summed E-state index contributed by atoms with van der Waals surface area (Å²) in [5, 5.41) is 0. The highest BCUT2D eigenvalue weighted by Crippen LogP contribution is 2.58. The van der Waals surface area contributed by atoms with Crippen molar-refractivity contribution in [2.45, 2.75) is 111 Å². The van der Waals surface area contributed by atoms with E-state index in [0.717, 1.165) is 37.0 Å². The van der Waals surface area contributed by atoms with E-state index >= 15 is 0 Å². The van der Waals surface area contributed by atoms with Crippen LogP contribution in [0, 0.1) is 23.2 Å². The molecule has 2 heteroatoms. The summed E-state index contributed by atoms with van der Waals surface area (Å²) in [6.07, 6.45) is 7.46. The topological polar surface area (TPSA) is 18.5 Å². The van der Waals surface area contributed by atoms with Crippen LogP contribution in [-0.4, -0.2) is 17.5 Å². The van der Waals surface area contributed by atoms with Gasteiger partial charge >= 0.3 is 0 Å². The fraction of sp³-hybridized carbons (Fsp3) is 1.00. The Labute approximate surface area is 144 Å². The zero-order chi connectivity index (χ0) is 17.5. The SMILES string of the molecule is CCC[C@@]1(C)O[C@@H](C[C@@]2(CC)C(C(C)C)CC[C@H]2C)C(C)(C)O1. The smallest absolute Gasteiger partial charge is 0.166 e. The molecule has 0 spiro atoms. The highest BCUT2D eigenvalue weighted by atomic mass is 16.8. The summed E-state index contributed by atoms with van der Waals surface area (Å²) in [6.45, 7) is 18.5.